The summed E-state index contributed by atoms with van der Waals surface area (Å²) < 4.78 is 2.24. The average molecular weight is 713 g/mol. The van der Waals surface area contributed by atoms with Crippen molar-refractivity contribution in [3.05, 3.63) is 190 Å². The van der Waals surface area contributed by atoms with Crippen LogP contribution in [-0.2, 0) is 0 Å². The summed E-state index contributed by atoms with van der Waals surface area (Å²) in [6, 6.07) is 48.2. The summed E-state index contributed by atoms with van der Waals surface area (Å²) in [7, 11) is 24.2. The number of aliphatic imine (C=N–C) groups is 3. The number of anilines is 1. The second-order valence-corrected chi connectivity index (χ2v) is 13.2. The lowest BCUT2D eigenvalue weighted by Crippen LogP contribution is -2.07. The maximum atomic E-state index is 11.1. The fourth-order valence-corrected chi connectivity index (χ4v) is 6.99. The number of rotatable bonds is 6. The second-order valence-electron chi connectivity index (χ2n) is 13.2. The highest BCUT2D eigenvalue weighted by molar-refractivity contribution is 6.38. The van der Waals surface area contributed by atoms with E-state index in [1.54, 1.807) is 13.3 Å². The Morgan fingerprint density at radius 1 is 0.679 bits per heavy atom. The molecule has 1 aliphatic heterocycles. The van der Waals surface area contributed by atoms with Gasteiger partial charge in [0.2, 0.25) is 0 Å². The van der Waals surface area contributed by atoms with E-state index in [1.807, 2.05) is 115 Å². The largest absolute Gasteiger partial charge is 0.508 e. The fraction of sp³-hybridized carbons (Fsp3) is 0.0217. The number of nitrogens with zero attached hydrogens (tertiary/aromatic N) is 4. The first kappa shape index (κ1) is 36.2. The van der Waals surface area contributed by atoms with E-state index in [0.29, 0.717) is 22.7 Å². The second kappa shape index (κ2) is 15.5. The molecule has 0 unspecified atom stereocenters. The number of amidine groups is 2. The summed E-state index contributed by atoms with van der Waals surface area (Å²) in [6.45, 7) is 1.66. The molecular formula is C46H31B4N5O. The van der Waals surface area contributed by atoms with E-state index >= 15 is 0 Å². The summed E-state index contributed by atoms with van der Waals surface area (Å²) in [4.78, 5) is 15.3. The summed E-state index contributed by atoms with van der Waals surface area (Å²) in [5, 5.41) is 16.7. The van der Waals surface area contributed by atoms with Crippen molar-refractivity contribution in [1.82, 2.24) is 4.57 Å². The number of fused-ring (bicyclic) bond motifs is 7. The van der Waals surface area contributed by atoms with Gasteiger partial charge >= 0.3 is 0 Å². The van der Waals surface area contributed by atoms with E-state index < -0.39 is 0 Å². The van der Waals surface area contributed by atoms with Crippen LogP contribution in [0.5, 0.6) is 0 Å². The van der Waals surface area contributed by atoms with Gasteiger partial charge in [0, 0.05) is 50.0 Å². The number of para-hydroxylation sites is 2. The molecule has 2 heterocycles. The summed E-state index contributed by atoms with van der Waals surface area (Å²) in [5.41, 5.74) is 9.32. The number of allylic oxidation sites excluding steroid dienone is 4. The molecule has 6 nitrogen and oxygen atoms in total. The van der Waals surface area contributed by atoms with Crippen LogP contribution < -0.4 is 5.32 Å². The van der Waals surface area contributed by atoms with Crippen LogP contribution in [-0.4, -0.2) is 59.1 Å². The van der Waals surface area contributed by atoms with E-state index in [2.05, 4.69) is 40.2 Å². The number of aliphatic hydroxyl groups excluding tert-OH is 1. The highest BCUT2D eigenvalue weighted by atomic mass is 16.3. The third-order valence-electron chi connectivity index (χ3n) is 9.72. The SMILES string of the molecule is [B]/C=C([B])/C(O)=C(\C([B])=C(\[B])C)c1ccc(-n2c3ccccc3c3ccc4c(c32)-c2ccccc2N=C(c2ccccc2)N=C(c2ccccc2)N=CN4)cc1. The maximum absolute atomic E-state index is 11.1. The lowest BCUT2D eigenvalue weighted by Gasteiger charge is -2.18. The number of nitrogens with one attached hydrogen (secondary N) is 1. The topological polar surface area (TPSA) is 74.3 Å². The predicted molar refractivity (Wildman–Crippen MR) is 237 cm³/mol. The smallest absolute Gasteiger partial charge is 0.163 e. The lowest BCUT2D eigenvalue weighted by molar-refractivity contribution is 0.432. The van der Waals surface area contributed by atoms with Crippen LogP contribution >= 0.6 is 0 Å². The Labute approximate surface area is 331 Å². The third-order valence-corrected chi connectivity index (χ3v) is 9.72. The van der Waals surface area contributed by atoms with Crippen LogP contribution in [0.4, 0.5) is 11.4 Å². The Morgan fingerprint density at radius 2 is 1.32 bits per heavy atom. The van der Waals surface area contributed by atoms with E-state index in [4.69, 9.17) is 46.4 Å². The molecule has 8 radical (unpaired) electrons. The number of hydrogen-bond acceptors (Lipinski definition) is 5. The molecule has 0 saturated heterocycles. The van der Waals surface area contributed by atoms with Gasteiger partial charge in [-0.2, -0.15) is 0 Å². The standard InChI is InChI=1S/C46H31B4N5O/c1-28(48)42(50)40(44(56)36(49)26-47)29-20-22-32(23-21-29)55-39-19-11-9-16-33(39)34-24-25-38-41(43(34)55)35-17-8-10-18-37(35)53-46(31-14-6-3-7-15-31)54-45(52-27-51-38)30-12-4-2-5-13-30/h2-27,56H,1H3,(H,51,52,53,54)/b36-26-,42-28-,44-40+. The Hall–Kier alpha value is -6.79. The Kier molecular flexibility index (Phi) is 10.0. The summed E-state index contributed by atoms with van der Waals surface area (Å²) in [6.07, 6.45) is 1.69. The first-order valence-corrected chi connectivity index (χ1v) is 18.0. The first-order valence-electron chi connectivity index (χ1n) is 18.0. The van der Waals surface area contributed by atoms with E-state index in [-0.39, 0.29) is 22.3 Å². The predicted octanol–water partition coefficient (Wildman–Crippen LogP) is 9.45. The molecule has 0 fully saturated rings. The molecule has 6 aromatic carbocycles. The first-order chi connectivity index (χ1) is 27.3. The maximum Gasteiger partial charge on any atom is 0.163 e. The molecule has 2 N–H and O–H groups in total. The zero-order valence-corrected chi connectivity index (χ0v) is 30.6. The van der Waals surface area contributed by atoms with Crippen LogP contribution in [0, 0.1) is 0 Å². The van der Waals surface area contributed by atoms with Crippen LogP contribution in [0.3, 0.4) is 0 Å². The van der Waals surface area contributed by atoms with Gasteiger partial charge in [-0.05, 0) is 35.9 Å². The Balaban J connectivity index is 1.41. The number of aliphatic hydroxyl groups is 1. The van der Waals surface area contributed by atoms with Gasteiger partial charge < -0.3 is 15.0 Å². The van der Waals surface area contributed by atoms with Gasteiger partial charge in [0.1, 0.15) is 37.1 Å². The molecule has 0 spiro atoms. The Bertz CT molecular complexity index is 2810. The number of aromatic nitrogens is 1. The highest BCUT2D eigenvalue weighted by Crippen LogP contribution is 2.45. The Morgan fingerprint density at radius 3 is 2.02 bits per heavy atom. The number of hydrogen-bond donors (Lipinski definition) is 2. The molecule has 7 aromatic rings. The van der Waals surface area contributed by atoms with E-state index in [9.17, 15) is 5.11 Å². The van der Waals surface area contributed by atoms with E-state index in [1.165, 1.54) is 0 Å². The quantitative estimate of drug-likeness (QED) is 0.102. The van der Waals surface area contributed by atoms with Crippen LogP contribution in [0.1, 0.15) is 23.6 Å². The van der Waals surface area contributed by atoms with E-state index in [0.717, 1.165) is 67.1 Å². The van der Waals surface area contributed by atoms with Crippen molar-refractivity contribution < 1.29 is 5.11 Å². The molecule has 0 atom stereocenters. The summed E-state index contributed by atoms with van der Waals surface area (Å²) >= 11 is 0. The molecule has 0 saturated carbocycles. The van der Waals surface area contributed by atoms with Crippen LogP contribution in [0.15, 0.2) is 189 Å². The average Bonchev–Trinajstić information content (AvgIpc) is 3.56. The molecule has 1 aromatic heterocycles. The van der Waals surface area contributed by atoms with Crippen molar-refractivity contribution >= 4 is 88.1 Å². The molecule has 10 heteroatoms. The van der Waals surface area contributed by atoms with Gasteiger partial charge in [0.05, 0.1) is 23.1 Å². The normalized spacial score (nSPS) is 14.1. The van der Waals surface area contributed by atoms with Crippen molar-refractivity contribution in [2.45, 2.75) is 6.92 Å². The molecule has 0 amide bonds. The lowest BCUT2D eigenvalue weighted by atomic mass is 9.73. The third kappa shape index (κ3) is 6.75. The fourth-order valence-electron chi connectivity index (χ4n) is 6.99. The summed E-state index contributed by atoms with van der Waals surface area (Å²) in [5.74, 6) is 1.90. The van der Waals surface area contributed by atoms with Crippen molar-refractivity contribution in [3.8, 4) is 16.8 Å². The molecule has 1 aliphatic rings. The number of benzene rings is 6. The molecule has 8 rings (SSSR count). The minimum Gasteiger partial charge on any atom is -0.508 e. The van der Waals surface area contributed by atoms with Crippen molar-refractivity contribution in [2.75, 3.05) is 5.32 Å². The van der Waals surface area contributed by atoms with Crippen molar-refractivity contribution in [1.29, 1.82) is 0 Å². The van der Waals surface area contributed by atoms with Crippen LogP contribution in [0.2, 0.25) is 0 Å². The molecule has 0 bridgehead atoms. The molecule has 258 valence electrons. The van der Waals surface area contributed by atoms with Gasteiger partial charge in [0.25, 0.3) is 0 Å². The van der Waals surface area contributed by atoms with Crippen LogP contribution in [0.25, 0.3) is 44.2 Å². The van der Waals surface area contributed by atoms with Crippen molar-refractivity contribution in [3.63, 3.8) is 0 Å². The molecule has 0 aliphatic carbocycles. The van der Waals surface area contributed by atoms with Gasteiger partial charge in [0.15, 0.2) is 11.7 Å². The minimum absolute atomic E-state index is 0.0223. The van der Waals surface area contributed by atoms with Gasteiger partial charge in [-0.1, -0.05) is 133 Å². The molecular weight excluding hydrogens is 682 g/mol. The molecule has 56 heavy (non-hydrogen) atoms. The zero-order chi connectivity index (χ0) is 38.8. The van der Waals surface area contributed by atoms with Gasteiger partial charge in [-0.15, -0.1) is 11.4 Å². The monoisotopic (exact) mass is 713 g/mol. The van der Waals surface area contributed by atoms with Crippen molar-refractivity contribution in [2.24, 2.45) is 15.0 Å². The highest BCUT2D eigenvalue weighted by Gasteiger charge is 2.22. The zero-order valence-electron chi connectivity index (χ0n) is 30.6. The minimum atomic E-state index is -0.261. The van der Waals surface area contributed by atoms with Gasteiger partial charge in [-0.3, -0.25) is 0 Å². The van der Waals surface area contributed by atoms with Gasteiger partial charge in [-0.25, -0.2) is 15.0 Å².